The highest BCUT2D eigenvalue weighted by Gasteiger charge is 2.36. The number of halogens is 3. The van der Waals surface area contributed by atoms with E-state index in [2.05, 4.69) is 4.98 Å². The van der Waals surface area contributed by atoms with Gasteiger partial charge in [-0.1, -0.05) is 12.2 Å². The Morgan fingerprint density at radius 1 is 1.44 bits per heavy atom. The van der Waals surface area contributed by atoms with Crippen LogP contribution in [0.4, 0.5) is 13.2 Å². The molecule has 1 saturated carbocycles. The van der Waals surface area contributed by atoms with Crippen molar-refractivity contribution in [1.29, 1.82) is 5.26 Å². The molecule has 0 unspecified atom stereocenters. The predicted molar refractivity (Wildman–Crippen MR) is 53.3 cm³/mol. The highest BCUT2D eigenvalue weighted by Crippen LogP contribution is 2.41. The minimum atomic E-state index is -4.53. The van der Waals surface area contributed by atoms with Crippen LogP contribution >= 0.6 is 12.2 Å². The average Bonchev–Trinajstić information content (AvgIpc) is 2.98. The molecule has 6 heteroatoms. The molecule has 0 saturated heterocycles. The largest absolute Gasteiger partial charge is 0.417 e. The summed E-state index contributed by atoms with van der Waals surface area (Å²) in [5, 5.41) is 8.67. The first-order valence-corrected chi connectivity index (χ1v) is 5.09. The van der Waals surface area contributed by atoms with Gasteiger partial charge in [-0.3, -0.25) is 0 Å². The van der Waals surface area contributed by atoms with Crippen molar-refractivity contribution >= 4 is 12.2 Å². The first-order valence-electron chi connectivity index (χ1n) is 4.68. The normalized spacial score (nSPS) is 15.9. The summed E-state index contributed by atoms with van der Waals surface area (Å²) in [5.41, 5.74) is -0.941. The zero-order chi connectivity index (χ0) is 11.9. The van der Waals surface area contributed by atoms with Crippen molar-refractivity contribution in [3.63, 3.8) is 0 Å². The number of nitrogens with zero attached hydrogens (tertiary/aromatic N) is 1. The summed E-state index contributed by atoms with van der Waals surface area (Å²) in [6.07, 6.45) is -2.79. The summed E-state index contributed by atoms with van der Waals surface area (Å²) in [6.45, 7) is 0. The third kappa shape index (κ3) is 1.95. The Hall–Kier alpha value is -1.35. The molecule has 16 heavy (non-hydrogen) atoms. The molecule has 1 aliphatic carbocycles. The maximum Gasteiger partial charge on any atom is 0.417 e. The van der Waals surface area contributed by atoms with Crippen LogP contribution in [0.5, 0.6) is 0 Å². The third-order valence-corrected chi connectivity index (χ3v) is 2.79. The van der Waals surface area contributed by atoms with Gasteiger partial charge in [0.1, 0.15) is 10.7 Å². The average molecular weight is 244 g/mol. The van der Waals surface area contributed by atoms with Crippen molar-refractivity contribution < 1.29 is 13.2 Å². The van der Waals surface area contributed by atoms with Gasteiger partial charge in [-0.2, -0.15) is 18.4 Å². The van der Waals surface area contributed by atoms with E-state index in [1.807, 2.05) is 0 Å². The van der Waals surface area contributed by atoms with Gasteiger partial charge in [0.25, 0.3) is 0 Å². The number of aromatic nitrogens is 1. The number of pyridine rings is 1. The Morgan fingerprint density at radius 2 is 2.06 bits per heavy atom. The molecular weight excluding hydrogens is 237 g/mol. The highest BCUT2D eigenvalue weighted by atomic mass is 32.1. The van der Waals surface area contributed by atoms with E-state index in [0.717, 1.165) is 18.9 Å². The second-order valence-electron chi connectivity index (χ2n) is 3.73. The highest BCUT2D eigenvalue weighted by molar-refractivity contribution is 7.71. The standard InChI is InChI=1S/C10H7F3N2S/c11-10(12,13)7-3-8(5-1-2-5)15-9(16)6(7)4-14/h3,5H,1-2H2,(H,15,16). The number of nitriles is 1. The molecule has 2 nitrogen and oxygen atoms in total. The van der Waals surface area contributed by atoms with E-state index in [1.165, 1.54) is 6.07 Å². The Kier molecular flexibility index (Phi) is 2.50. The minimum Gasteiger partial charge on any atom is -0.349 e. The van der Waals surface area contributed by atoms with Crippen molar-refractivity contribution in [3.8, 4) is 6.07 Å². The molecule has 0 atom stereocenters. The summed E-state index contributed by atoms with van der Waals surface area (Å²) in [5.74, 6) is 0.135. The molecule has 0 amide bonds. The zero-order valence-corrected chi connectivity index (χ0v) is 8.87. The van der Waals surface area contributed by atoms with Crippen molar-refractivity contribution in [2.75, 3.05) is 0 Å². The fourth-order valence-electron chi connectivity index (χ4n) is 1.53. The van der Waals surface area contributed by atoms with Crippen molar-refractivity contribution in [2.24, 2.45) is 0 Å². The van der Waals surface area contributed by atoms with E-state index >= 15 is 0 Å². The van der Waals surface area contributed by atoms with Gasteiger partial charge in [-0.15, -0.1) is 0 Å². The van der Waals surface area contributed by atoms with Crippen LogP contribution < -0.4 is 0 Å². The first kappa shape index (κ1) is 11.1. The summed E-state index contributed by atoms with van der Waals surface area (Å²) < 4.78 is 37.9. The van der Waals surface area contributed by atoms with Crippen LogP contribution in [-0.2, 0) is 6.18 Å². The van der Waals surface area contributed by atoms with Crippen LogP contribution in [0, 0.1) is 16.0 Å². The van der Waals surface area contributed by atoms with Gasteiger partial charge in [-0.05, 0) is 24.8 Å². The molecule has 1 aromatic rings. The Labute approximate surface area is 94.7 Å². The van der Waals surface area contributed by atoms with Gasteiger partial charge >= 0.3 is 6.18 Å². The van der Waals surface area contributed by atoms with Gasteiger partial charge in [0.05, 0.1) is 11.1 Å². The molecule has 0 aromatic carbocycles. The molecule has 0 aliphatic heterocycles. The maximum atomic E-state index is 12.7. The van der Waals surface area contributed by atoms with E-state index in [0.29, 0.717) is 5.69 Å². The number of rotatable bonds is 1. The molecule has 1 aliphatic rings. The van der Waals surface area contributed by atoms with Gasteiger partial charge in [0.15, 0.2) is 0 Å². The predicted octanol–water partition coefficient (Wildman–Crippen LogP) is 3.51. The number of hydrogen-bond donors (Lipinski definition) is 1. The molecule has 2 rings (SSSR count). The number of aromatic amines is 1. The van der Waals surface area contributed by atoms with E-state index < -0.39 is 17.3 Å². The maximum absolute atomic E-state index is 12.7. The lowest BCUT2D eigenvalue weighted by atomic mass is 10.1. The van der Waals surface area contributed by atoms with Gasteiger partial charge in [-0.25, -0.2) is 0 Å². The quantitative estimate of drug-likeness (QED) is 0.768. The molecule has 0 spiro atoms. The Balaban J connectivity index is 2.64. The molecule has 0 bridgehead atoms. The molecular formula is C10H7F3N2S. The van der Waals surface area contributed by atoms with Crippen LogP contribution in [0.2, 0.25) is 0 Å². The van der Waals surface area contributed by atoms with Crippen LogP contribution in [0.3, 0.4) is 0 Å². The fourth-order valence-corrected chi connectivity index (χ4v) is 1.80. The lowest BCUT2D eigenvalue weighted by Crippen LogP contribution is -2.10. The van der Waals surface area contributed by atoms with E-state index in [1.54, 1.807) is 0 Å². The smallest absolute Gasteiger partial charge is 0.349 e. The van der Waals surface area contributed by atoms with Gasteiger partial charge in [0, 0.05) is 5.69 Å². The molecule has 1 heterocycles. The summed E-state index contributed by atoms with van der Waals surface area (Å²) in [6, 6.07) is 2.51. The number of alkyl halides is 3. The lowest BCUT2D eigenvalue weighted by Gasteiger charge is -2.10. The second kappa shape index (κ2) is 3.59. The summed E-state index contributed by atoms with van der Waals surface area (Å²) in [7, 11) is 0. The molecule has 1 fully saturated rings. The number of H-pyrrole nitrogens is 1. The monoisotopic (exact) mass is 244 g/mol. The van der Waals surface area contributed by atoms with Crippen LogP contribution in [-0.4, -0.2) is 4.98 Å². The van der Waals surface area contributed by atoms with E-state index in [4.69, 9.17) is 17.5 Å². The first-order chi connectivity index (χ1) is 7.43. The van der Waals surface area contributed by atoms with Gasteiger partial charge in [0.2, 0.25) is 0 Å². The molecule has 1 aromatic heterocycles. The number of hydrogen-bond acceptors (Lipinski definition) is 2. The fraction of sp³-hybridized carbons (Fsp3) is 0.400. The van der Waals surface area contributed by atoms with Crippen molar-refractivity contribution in [3.05, 3.63) is 27.5 Å². The van der Waals surface area contributed by atoms with Crippen LogP contribution in [0.1, 0.15) is 35.6 Å². The summed E-state index contributed by atoms with van der Waals surface area (Å²) >= 11 is 4.76. The van der Waals surface area contributed by atoms with Gasteiger partial charge < -0.3 is 4.98 Å². The molecule has 0 radical (unpaired) electrons. The molecule has 1 N–H and O–H groups in total. The SMILES string of the molecule is N#Cc1c(C(F)(F)F)cc(C2CC2)[nH]c1=S. The topological polar surface area (TPSA) is 39.6 Å². The second-order valence-corrected chi connectivity index (χ2v) is 4.13. The van der Waals surface area contributed by atoms with E-state index in [9.17, 15) is 13.2 Å². The van der Waals surface area contributed by atoms with Crippen LogP contribution in [0.25, 0.3) is 0 Å². The Bertz CT molecular complexity index is 520. The van der Waals surface area contributed by atoms with E-state index in [-0.39, 0.29) is 10.6 Å². The lowest BCUT2D eigenvalue weighted by molar-refractivity contribution is -0.137. The summed E-state index contributed by atoms with van der Waals surface area (Å²) in [4.78, 5) is 2.69. The minimum absolute atomic E-state index is 0.126. The van der Waals surface area contributed by atoms with Crippen molar-refractivity contribution in [1.82, 2.24) is 4.98 Å². The zero-order valence-electron chi connectivity index (χ0n) is 8.06. The van der Waals surface area contributed by atoms with Crippen molar-refractivity contribution in [2.45, 2.75) is 24.9 Å². The van der Waals surface area contributed by atoms with Crippen LogP contribution in [0.15, 0.2) is 6.07 Å². The Morgan fingerprint density at radius 3 is 2.50 bits per heavy atom. The molecule has 84 valence electrons. The number of nitrogens with one attached hydrogen (secondary N) is 1. The third-order valence-electron chi connectivity index (χ3n) is 2.49.